The first-order chi connectivity index (χ1) is 17.1. The summed E-state index contributed by atoms with van der Waals surface area (Å²) in [4.78, 5) is 11.5. The van der Waals surface area contributed by atoms with Gasteiger partial charge in [0, 0.05) is 54.6 Å². The number of nitrogens with zero attached hydrogens (tertiary/aromatic N) is 4. The first-order valence-electron chi connectivity index (χ1n) is 11.9. The average Bonchev–Trinajstić information content (AvgIpc) is 3.33. The molecule has 0 amide bonds. The van der Waals surface area contributed by atoms with Crippen LogP contribution in [0.2, 0.25) is 0 Å². The Morgan fingerprint density at radius 2 is 2.17 bits per heavy atom. The summed E-state index contributed by atoms with van der Waals surface area (Å²) in [5, 5.41) is 13.9. The van der Waals surface area contributed by atoms with Gasteiger partial charge in [-0.1, -0.05) is 6.07 Å². The lowest BCUT2D eigenvalue weighted by Gasteiger charge is -2.43. The Kier molecular flexibility index (Phi) is 5.44. The van der Waals surface area contributed by atoms with Gasteiger partial charge in [0.1, 0.15) is 11.9 Å². The lowest BCUT2D eigenvalue weighted by molar-refractivity contribution is -0.00899. The molecule has 0 saturated carbocycles. The number of benzene rings is 1. The fourth-order valence-corrected chi connectivity index (χ4v) is 5.36. The second kappa shape index (κ2) is 8.77. The summed E-state index contributed by atoms with van der Waals surface area (Å²) < 4.78 is 20.1. The minimum atomic E-state index is -0.219. The number of hydrogen-bond donors (Lipinski definition) is 2. The highest BCUT2D eigenvalue weighted by Crippen LogP contribution is 2.41. The topological polar surface area (TPSA) is 100 Å². The molecule has 35 heavy (non-hydrogen) atoms. The number of pyridine rings is 2. The summed E-state index contributed by atoms with van der Waals surface area (Å²) in [5.74, 6) is -0.219. The third-order valence-electron chi connectivity index (χ3n) is 7.11. The van der Waals surface area contributed by atoms with Crippen molar-refractivity contribution in [2.24, 2.45) is 0 Å². The number of halogens is 1. The number of fused-ring (bicyclic) bond motifs is 2. The number of nitriles is 1. The standard InChI is InChI=1S/C27H25FN6O/c28-19-3-1-16(11-19)21-14-33-22-4-2-17(26-25(30)18(13-29)5-7-32-26)12-20(22)27(21)34-9-6-23-24(15-34)35-10-8-31-23/h2-5,7,11-12,14,23-24,31H,1,6,8-10,15,30H2/t23-,24-/m1/s1. The van der Waals surface area contributed by atoms with Gasteiger partial charge in [-0.25, -0.2) is 4.39 Å². The molecule has 0 bridgehead atoms. The molecule has 2 fully saturated rings. The van der Waals surface area contributed by atoms with E-state index in [0.29, 0.717) is 36.0 Å². The summed E-state index contributed by atoms with van der Waals surface area (Å²) in [7, 11) is 0. The van der Waals surface area contributed by atoms with Crippen molar-refractivity contribution < 1.29 is 9.13 Å². The van der Waals surface area contributed by atoms with Gasteiger partial charge < -0.3 is 20.7 Å². The smallest absolute Gasteiger partial charge is 0.119 e. The van der Waals surface area contributed by atoms with Gasteiger partial charge in [-0.3, -0.25) is 9.97 Å². The maximum Gasteiger partial charge on any atom is 0.119 e. The Balaban J connectivity index is 1.52. The number of nitrogen functional groups attached to an aromatic ring is 1. The summed E-state index contributed by atoms with van der Waals surface area (Å²) >= 11 is 0. The molecule has 3 aromatic rings. The number of anilines is 2. The lowest BCUT2D eigenvalue weighted by Crippen LogP contribution is -2.57. The van der Waals surface area contributed by atoms with Gasteiger partial charge in [0.15, 0.2) is 0 Å². The molecule has 7 nitrogen and oxygen atoms in total. The number of piperidine rings is 1. The fraction of sp³-hybridized carbons (Fsp3) is 0.296. The maximum absolute atomic E-state index is 14.0. The molecule has 4 heterocycles. The quantitative estimate of drug-likeness (QED) is 0.600. The Hall–Kier alpha value is -3.80. The number of allylic oxidation sites excluding steroid dienone is 4. The van der Waals surface area contributed by atoms with Crippen LogP contribution in [0.15, 0.2) is 54.6 Å². The van der Waals surface area contributed by atoms with Crippen molar-refractivity contribution in [2.75, 3.05) is 36.9 Å². The third kappa shape index (κ3) is 3.83. The number of ether oxygens (including phenoxy) is 1. The normalized spacial score (nSPS) is 21.9. The minimum absolute atomic E-state index is 0.0915. The van der Waals surface area contributed by atoms with Crippen LogP contribution in [0.1, 0.15) is 24.0 Å². The van der Waals surface area contributed by atoms with Gasteiger partial charge in [-0.05, 0) is 48.8 Å². The predicted octanol–water partition coefficient (Wildman–Crippen LogP) is 3.96. The minimum Gasteiger partial charge on any atom is -0.396 e. The van der Waals surface area contributed by atoms with E-state index in [9.17, 15) is 9.65 Å². The fourth-order valence-electron chi connectivity index (χ4n) is 5.36. The van der Waals surface area contributed by atoms with E-state index in [1.165, 1.54) is 0 Å². The molecule has 3 N–H and O–H groups in total. The van der Waals surface area contributed by atoms with Crippen molar-refractivity contribution in [3.8, 4) is 17.3 Å². The molecule has 3 aliphatic rings. The molecular formula is C27H25FN6O. The van der Waals surface area contributed by atoms with Crippen LogP contribution in [-0.2, 0) is 4.74 Å². The first kappa shape index (κ1) is 21.7. The van der Waals surface area contributed by atoms with E-state index in [-0.39, 0.29) is 11.9 Å². The predicted molar refractivity (Wildman–Crippen MR) is 134 cm³/mol. The molecule has 0 unspecified atom stereocenters. The van der Waals surface area contributed by atoms with Crippen molar-refractivity contribution in [3.63, 3.8) is 0 Å². The molecule has 1 aliphatic carbocycles. The van der Waals surface area contributed by atoms with Crippen LogP contribution < -0.4 is 16.0 Å². The zero-order valence-electron chi connectivity index (χ0n) is 19.2. The van der Waals surface area contributed by atoms with E-state index in [2.05, 4.69) is 21.3 Å². The number of morpholine rings is 1. The molecular weight excluding hydrogens is 443 g/mol. The highest BCUT2D eigenvalue weighted by atomic mass is 19.1. The van der Waals surface area contributed by atoms with Crippen LogP contribution in [0, 0.1) is 11.3 Å². The van der Waals surface area contributed by atoms with E-state index in [0.717, 1.165) is 59.3 Å². The zero-order chi connectivity index (χ0) is 23.9. The van der Waals surface area contributed by atoms with Crippen molar-refractivity contribution in [1.29, 1.82) is 5.26 Å². The van der Waals surface area contributed by atoms with Gasteiger partial charge in [0.05, 0.1) is 40.9 Å². The summed E-state index contributed by atoms with van der Waals surface area (Å²) in [6, 6.07) is 9.99. The Morgan fingerprint density at radius 1 is 1.26 bits per heavy atom. The molecule has 2 aromatic heterocycles. The summed E-state index contributed by atoms with van der Waals surface area (Å²) in [6.07, 6.45) is 8.22. The summed E-state index contributed by atoms with van der Waals surface area (Å²) in [5.41, 5.74) is 12.1. The number of nitrogens with one attached hydrogen (secondary N) is 1. The molecule has 2 atom stereocenters. The van der Waals surface area contributed by atoms with Crippen LogP contribution in [0.3, 0.4) is 0 Å². The molecule has 2 saturated heterocycles. The second-order valence-electron chi connectivity index (χ2n) is 9.15. The SMILES string of the molecule is N#Cc1ccnc(-c2ccc3ncc(C4=CC(F)=CC4)c(N4CC[C@H]5NCCO[C@@H]5C4)c3c2)c1N. The summed E-state index contributed by atoms with van der Waals surface area (Å²) in [6.45, 7) is 3.16. The molecule has 8 heteroatoms. The largest absolute Gasteiger partial charge is 0.396 e. The van der Waals surface area contributed by atoms with E-state index in [1.807, 2.05) is 24.4 Å². The van der Waals surface area contributed by atoms with E-state index < -0.39 is 0 Å². The lowest BCUT2D eigenvalue weighted by atomic mass is 9.94. The average molecular weight is 469 g/mol. The van der Waals surface area contributed by atoms with Crippen LogP contribution in [0.25, 0.3) is 27.7 Å². The van der Waals surface area contributed by atoms with E-state index >= 15 is 0 Å². The molecule has 2 aliphatic heterocycles. The van der Waals surface area contributed by atoms with Gasteiger partial charge in [0.2, 0.25) is 0 Å². The van der Waals surface area contributed by atoms with Crippen molar-refractivity contribution in [3.05, 3.63) is 65.8 Å². The monoisotopic (exact) mass is 468 g/mol. The van der Waals surface area contributed by atoms with E-state index in [4.69, 9.17) is 15.5 Å². The molecule has 1 aromatic carbocycles. The number of hydrogen-bond acceptors (Lipinski definition) is 7. The van der Waals surface area contributed by atoms with E-state index in [1.54, 1.807) is 24.4 Å². The van der Waals surface area contributed by atoms with Gasteiger partial charge in [-0.2, -0.15) is 5.26 Å². The van der Waals surface area contributed by atoms with Crippen LogP contribution in [0.4, 0.5) is 15.8 Å². The van der Waals surface area contributed by atoms with Gasteiger partial charge >= 0.3 is 0 Å². The van der Waals surface area contributed by atoms with Crippen LogP contribution >= 0.6 is 0 Å². The highest BCUT2D eigenvalue weighted by molar-refractivity contribution is 6.01. The number of rotatable bonds is 3. The maximum atomic E-state index is 14.0. The Morgan fingerprint density at radius 3 is 3.00 bits per heavy atom. The highest BCUT2D eigenvalue weighted by Gasteiger charge is 2.34. The Labute approximate surface area is 202 Å². The van der Waals surface area contributed by atoms with Crippen molar-refractivity contribution in [2.45, 2.75) is 25.0 Å². The number of nitrogens with two attached hydrogens (primary N) is 1. The molecule has 6 rings (SSSR count). The van der Waals surface area contributed by atoms with Crippen molar-refractivity contribution in [1.82, 2.24) is 15.3 Å². The van der Waals surface area contributed by atoms with Crippen molar-refractivity contribution >= 4 is 27.9 Å². The molecule has 176 valence electrons. The Bertz CT molecular complexity index is 1430. The van der Waals surface area contributed by atoms with Crippen LogP contribution in [-0.4, -0.2) is 48.4 Å². The molecule has 0 spiro atoms. The van der Waals surface area contributed by atoms with Crippen LogP contribution in [0.5, 0.6) is 0 Å². The third-order valence-corrected chi connectivity index (χ3v) is 7.11. The second-order valence-corrected chi connectivity index (χ2v) is 9.15. The van der Waals surface area contributed by atoms with Gasteiger partial charge in [0.25, 0.3) is 0 Å². The zero-order valence-corrected chi connectivity index (χ0v) is 19.2. The van der Waals surface area contributed by atoms with Gasteiger partial charge in [-0.15, -0.1) is 0 Å². The first-order valence-corrected chi connectivity index (χ1v) is 11.9. The number of aromatic nitrogens is 2. The molecule has 0 radical (unpaired) electrons.